The Morgan fingerprint density at radius 2 is 1.96 bits per heavy atom. The molecule has 0 saturated carbocycles. The fourth-order valence-corrected chi connectivity index (χ4v) is 2.71. The van der Waals surface area contributed by atoms with Crippen LogP contribution < -0.4 is 0 Å². The summed E-state index contributed by atoms with van der Waals surface area (Å²) in [5.74, 6) is 0.230. The molecule has 0 saturated heterocycles. The smallest absolute Gasteiger partial charge is 0.312 e. The Balaban J connectivity index is 2.06. The number of carbonyl (C=O) groups excluding carboxylic acids is 1. The van der Waals surface area contributed by atoms with Gasteiger partial charge in [-0.05, 0) is 56.5 Å². The molecule has 0 amide bonds. The van der Waals surface area contributed by atoms with Crippen molar-refractivity contribution in [2.45, 2.75) is 34.1 Å². The van der Waals surface area contributed by atoms with Crippen LogP contribution in [0.15, 0.2) is 46.8 Å². The van der Waals surface area contributed by atoms with Gasteiger partial charge in [0, 0.05) is 6.20 Å². The molecular weight excluding hydrogens is 328 g/mol. The summed E-state index contributed by atoms with van der Waals surface area (Å²) in [6.45, 7) is 8.17. The Kier molecular flexibility index (Phi) is 5.11. The number of aromatic nitrogens is 2. The van der Waals surface area contributed by atoms with Crippen LogP contribution in [0.1, 0.15) is 29.3 Å². The molecule has 0 unspecified atom stereocenters. The number of aryl methyl sites for hydroxylation is 2. The number of ether oxygens (including phenoxy) is 1. The van der Waals surface area contributed by atoms with Gasteiger partial charge in [-0.1, -0.05) is 18.2 Å². The second kappa shape index (κ2) is 7.47. The van der Waals surface area contributed by atoms with E-state index in [0.29, 0.717) is 18.1 Å². The van der Waals surface area contributed by atoms with Crippen molar-refractivity contribution < 1.29 is 9.53 Å². The quantitative estimate of drug-likeness (QED) is 0.491. The average Bonchev–Trinajstić information content (AvgIpc) is 2.93. The van der Waals surface area contributed by atoms with Crippen LogP contribution in [0.25, 0.3) is 5.65 Å². The second-order valence-electron chi connectivity index (χ2n) is 6.22. The number of pyridine rings is 1. The Labute approximate surface area is 152 Å². The third-order valence-electron chi connectivity index (χ3n) is 4.26. The summed E-state index contributed by atoms with van der Waals surface area (Å²) in [6, 6.07) is 9.79. The van der Waals surface area contributed by atoms with Gasteiger partial charge < -0.3 is 4.74 Å². The zero-order valence-corrected chi connectivity index (χ0v) is 15.5. The average molecular weight is 350 g/mol. The van der Waals surface area contributed by atoms with Crippen LogP contribution in [0.2, 0.25) is 0 Å². The summed E-state index contributed by atoms with van der Waals surface area (Å²) in [7, 11) is 0. The highest BCUT2D eigenvalue weighted by atomic mass is 16.5. The van der Waals surface area contributed by atoms with E-state index in [9.17, 15) is 4.79 Å². The van der Waals surface area contributed by atoms with Crippen molar-refractivity contribution in [3.05, 3.63) is 58.9 Å². The maximum Gasteiger partial charge on any atom is 0.312 e. The van der Waals surface area contributed by atoms with E-state index in [-0.39, 0.29) is 12.4 Å². The van der Waals surface area contributed by atoms with Gasteiger partial charge in [0.05, 0.1) is 24.4 Å². The van der Waals surface area contributed by atoms with E-state index in [4.69, 9.17) is 4.74 Å². The summed E-state index contributed by atoms with van der Waals surface area (Å²) in [4.78, 5) is 16.5. The largest absolute Gasteiger partial charge is 0.466 e. The van der Waals surface area contributed by atoms with Crippen molar-refractivity contribution in [3.63, 3.8) is 0 Å². The van der Waals surface area contributed by atoms with Crippen LogP contribution in [0.5, 0.6) is 0 Å². The number of rotatable bonds is 5. The van der Waals surface area contributed by atoms with Crippen molar-refractivity contribution in [1.29, 1.82) is 0 Å². The molecule has 26 heavy (non-hydrogen) atoms. The van der Waals surface area contributed by atoms with Crippen LogP contribution in [0.4, 0.5) is 11.5 Å². The molecule has 2 aromatic heterocycles. The molecule has 0 bridgehead atoms. The van der Waals surface area contributed by atoms with Crippen molar-refractivity contribution in [3.8, 4) is 0 Å². The molecule has 0 spiro atoms. The van der Waals surface area contributed by atoms with Crippen LogP contribution in [0.3, 0.4) is 0 Å². The molecule has 0 N–H and O–H groups in total. The van der Waals surface area contributed by atoms with Crippen LogP contribution in [-0.2, 0) is 16.0 Å². The highest BCUT2D eigenvalue weighted by molar-refractivity contribution is 5.74. The molecule has 0 atom stereocenters. The fourth-order valence-electron chi connectivity index (χ4n) is 2.71. The first kappa shape index (κ1) is 17.8. The first-order chi connectivity index (χ1) is 12.5. The summed E-state index contributed by atoms with van der Waals surface area (Å²) in [5.41, 5.74) is 5.39. The molecule has 134 valence electrons. The van der Waals surface area contributed by atoms with Gasteiger partial charge in [-0.3, -0.25) is 9.20 Å². The van der Waals surface area contributed by atoms with E-state index in [1.165, 1.54) is 0 Å². The highest BCUT2D eigenvalue weighted by Gasteiger charge is 2.16. The monoisotopic (exact) mass is 350 g/mol. The number of imidazole rings is 1. The molecule has 0 radical (unpaired) electrons. The number of esters is 1. The van der Waals surface area contributed by atoms with Gasteiger partial charge in [0.25, 0.3) is 0 Å². The van der Waals surface area contributed by atoms with Gasteiger partial charge in [-0.2, -0.15) is 0 Å². The summed E-state index contributed by atoms with van der Waals surface area (Å²) < 4.78 is 6.92. The predicted molar refractivity (Wildman–Crippen MR) is 100 cm³/mol. The standard InChI is InChI=1S/C20H22N4O2/c1-5-26-19(25)11-17-20(24-12-13(2)9-10-18(24)21-17)23-22-16-8-6-7-14(3)15(16)4/h6-10,12H,5,11H2,1-4H3. The van der Waals surface area contributed by atoms with Crippen molar-refractivity contribution in [2.75, 3.05) is 6.61 Å². The molecule has 3 rings (SSSR count). The molecule has 3 aromatic rings. The first-order valence-corrected chi connectivity index (χ1v) is 8.60. The van der Waals surface area contributed by atoms with Gasteiger partial charge in [0.15, 0.2) is 5.82 Å². The van der Waals surface area contributed by atoms with Gasteiger partial charge in [-0.15, -0.1) is 10.2 Å². The maximum absolute atomic E-state index is 11.9. The van der Waals surface area contributed by atoms with E-state index in [0.717, 1.165) is 28.0 Å². The van der Waals surface area contributed by atoms with E-state index in [1.54, 1.807) is 6.92 Å². The minimum absolute atomic E-state index is 0.0652. The summed E-state index contributed by atoms with van der Waals surface area (Å²) >= 11 is 0. The van der Waals surface area contributed by atoms with Gasteiger partial charge >= 0.3 is 5.97 Å². The van der Waals surface area contributed by atoms with Gasteiger partial charge in [-0.25, -0.2) is 4.98 Å². The number of carbonyl (C=O) groups is 1. The number of nitrogens with zero attached hydrogens (tertiary/aromatic N) is 4. The van der Waals surface area contributed by atoms with E-state index in [1.807, 2.05) is 61.7 Å². The van der Waals surface area contributed by atoms with Crippen molar-refractivity contribution in [2.24, 2.45) is 10.2 Å². The topological polar surface area (TPSA) is 68.3 Å². The molecule has 1 aromatic carbocycles. The van der Waals surface area contributed by atoms with Crippen molar-refractivity contribution in [1.82, 2.24) is 9.38 Å². The minimum atomic E-state index is -0.323. The number of benzene rings is 1. The lowest BCUT2D eigenvalue weighted by molar-refractivity contribution is -0.142. The van der Waals surface area contributed by atoms with Crippen LogP contribution in [-0.4, -0.2) is 22.0 Å². The molecule has 6 nitrogen and oxygen atoms in total. The Hall–Kier alpha value is -3.02. The Morgan fingerprint density at radius 1 is 1.15 bits per heavy atom. The lowest BCUT2D eigenvalue weighted by Gasteiger charge is -2.03. The summed E-state index contributed by atoms with van der Waals surface area (Å²) in [6.07, 6.45) is 2.00. The third kappa shape index (κ3) is 3.64. The lowest BCUT2D eigenvalue weighted by Crippen LogP contribution is -2.07. The molecule has 0 fully saturated rings. The van der Waals surface area contributed by atoms with Crippen molar-refractivity contribution >= 4 is 23.1 Å². The van der Waals surface area contributed by atoms with E-state index >= 15 is 0 Å². The Bertz CT molecular complexity index is 989. The molecule has 0 aliphatic rings. The predicted octanol–water partition coefficient (Wildman–Crippen LogP) is 4.78. The van der Waals surface area contributed by atoms with Gasteiger partial charge in [0.1, 0.15) is 5.65 Å². The SMILES string of the molecule is CCOC(=O)Cc1nc2ccc(C)cn2c1N=Nc1cccc(C)c1C. The third-order valence-corrected chi connectivity index (χ3v) is 4.26. The lowest BCUT2D eigenvalue weighted by atomic mass is 10.1. The molecule has 0 aliphatic carbocycles. The first-order valence-electron chi connectivity index (χ1n) is 8.60. The number of azo groups is 1. The normalized spacial score (nSPS) is 11.4. The Morgan fingerprint density at radius 3 is 2.73 bits per heavy atom. The number of fused-ring (bicyclic) bond motifs is 1. The van der Waals surface area contributed by atoms with E-state index in [2.05, 4.69) is 15.2 Å². The van der Waals surface area contributed by atoms with Crippen LogP contribution in [0, 0.1) is 20.8 Å². The van der Waals surface area contributed by atoms with E-state index < -0.39 is 0 Å². The zero-order valence-electron chi connectivity index (χ0n) is 15.5. The molecular formula is C20H22N4O2. The molecule has 6 heteroatoms. The zero-order chi connectivity index (χ0) is 18.7. The van der Waals surface area contributed by atoms with Crippen LogP contribution >= 0.6 is 0 Å². The fraction of sp³-hybridized carbons (Fsp3) is 0.300. The minimum Gasteiger partial charge on any atom is -0.466 e. The van der Waals surface area contributed by atoms with Gasteiger partial charge in [0.2, 0.25) is 0 Å². The number of hydrogen-bond donors (Lipinski definition) is 0. The summed E-state index contributed by atoms with van der Waals surface area (Å²) in [5, 5.41) is 8.85. The second-order valence-corrected chi connectivity index (χ2v) is 6.22. The molecule has 0 aliphatic heterocycles. The molecule has 2 heterocycles. The number of hydrogen-bond acceptors (Lipinski definition) is 5. The maximum atomic E-state index is 11.9. The highest BCUT2D eigenvalue weighted by Crippen LogP contribution is 2.27.